The summed E-state index contributed by atoms with van der Waals surface area (Å²) in [6, 6.07) is 7.01. The first-order valence-electron chi connectivity index (χ1n) is 10.0. The Balaban J connectivity index is 1.23. The number of hydrogen-bond donors (Lipinski definition) is 1. The van der Waals surface area contributed by atoms with Gasteiger partial charge in [0.25, 0.3) is 0 Å². The molecule has 0 radical (unpaired) electrons. The van der Waals surface area contributed by atoms with Crippen molar-refractivity contribution in [3.8, 4) is 5.75 Å². The molecule has 1 unspecified atom stereocenters. The van der Waals surface area contributed by atoms with Gasteiger partial charge in [0.1, 0.15) is 0 Å². The topological polar surface area (TPSA) is 87.2 Å². The average Bonchev–Trinajstić information content (AvgIpc) is 3.52. The quantitative estimate of drug-likeness (QED) is 0.536. The molecular weight excluding hydrogens is 467 g/mol. The Labute approximate surface area is 187 Å². The molecule has 156 valence electrons. The molecule has 2 fully saturated rings. The second kappa shape index (κ2) is 8.08. The molecule has 2 aliphatic rings. The van der Waals surface area contributed by atoms with Gasteiger partial charge in [-0.15, -0.1) is 0 Å². The van der Waals surface area contributed by atoms with Gasteiger partial charge in [0.05, 0.1) is 0 Å². The first-order valence-corrected chi connectivity index (χ1v) is 11.6. The molecule has 0 spiro atoms. The fraction of sp³-hybridized carbons (Fsp3) is 0.400. The molecule has 30 heavy (non-hydrogen) atoms. The number of H-pyrrole nitrogens is 1. The van der Waals surface area contributed by atoms with E-state index in [1.165, 1.54) is 29.7 Å². The number of ether oxygens (including phenoxy) is 1. The molecule has 2 aromatic heterocycles. The van der Waals surface area contributed by atoms with Gasteiger partial charge in [-0.1, -0.05) is 11.6 Å². The number of benzene rings is 1. The van der Waals surface area contributed by atoms with Crippen molar-refractivity contribution in [1.82, 2.24) is 24.8 Å². The zero-order valence-electron chi connectivity index (χ0n) is 16.3. The van der Waals surface area contributed by atoms with Gasteiger partial charge in [-0.05, 0) is 12.1 Å². The number of carbonyl (C=O) groups excluding carboxylic acids is 1. The van der Waals surface area contributed by atoms with Crippen LogP contribution in [0.4, 0.5) is 5.82 Å². The van der Waals surface area contributed by atoms with E-state index in [0.29, 0.717) is 42.9 Å². The Morgan fingerprint density at radius 1 is 1.13 bits per heavy atom. The second-order valence-electron chi connectivity index (χ2n) is 7.61. The van der Waals surface area contributed by atoms with Crippen LogP contribution in [0.5, 0.6) is 5.75 Å². The normalized spacial score (nSPS) is 16.9. The molecule has 1 aliphatic heterocycles. The van der Waals surface area contributed by atoms with Crippen molar-refractivity contribution < 1.29 is 9.53 Å². The molecule has 1 aromatic carbocycles. The van der Waals surface area contributed by atoms with Crippen LogP contribution in [-0.4, -0.2) is 80.4 Å². The number of nitrogens with one attached hydrogen (secondary N) is 1. The fourth-order valence-corrected chi connectivity index (χ4v) is 4.28. The van der Waals surface area contributed by atoms with E-state index >= 15 is 0 Å². The second-order valence-corrected chi connectivity index (χ2v) is 9.13. The van der Waals surface area contributed by atoms with Crippen LogP contribution < -0.4 is 14.2 Å². The number of fused-ring (bicyclic) bond motifs is 1. The van der Waals surface area contributed by atoms with Crippen LogP contribution in [-0.2, 0) is 4.79 Å². The Morgan fingerprint density at radius 2 is 1.87 bits per heavy atom. The van der Waals surface area contributed by atoms with Gasteiger partial charge >= 0.3 is 159 Å². The van der Waals surface area contributed by atoms with Gasteiger partial charge in [-0.2, -0.15) is 0 Å². The molecule has 1 aliphatic carbocycles. The first kappa shape index (κ1) is 19.6. The van der Waals surface area contributed by atoms with Crippen LogP contribution >= 0.6 is 11.6 Å². The summed E-state index contributed by atoms with van der Waals surface area (Å²) >= 11 is 7.27. The molecule has 1 N–H and O–H groups in total. The number of amides is 1. The standard InChI is InChI=1S/C20H22AsClN6O2/c21-20-25-18-16(23-17(24-18)12-1-2-12)19(26-20)28-9-7-27(8-10-28)15(29)11-30-14-5-3-13(22)4-6-14/h3-6,12H,1-2,7-11,21H2,(H,23,24,25,26). The number of aromatic amines is 1. The summed E-state index contributed by atoms with van der Waals surface area (Å²) in [4.78, 5) is 34.0. The number of hydrogen-bond acceptors (Lipinski definition) is 6. The predicted octanol–water partition coefficient (Wildman–Crippen LogP) is 0.870. The molecular formula is C20H22AsClN6O2. The number of halogens is 1. The third-order valence-corrected chi connectivity index (χ3v) is 6.23. The van der Waals surface area contributed by atoms with Crippen molar-refractivity contribution in [3.63, 3.8) is 0 Å². The van der Waals surface area contributed by atoms with Gasteiger partial charge < -0.3 is 0 Å². The Hall–Kier alpha value is -2.31. The van der Waals surface area contributed by atoms with E-state index < -0.39 is 0 Å². The SMILES string of the molecule is O=C(COc1ccc(Cl)cc1)N1CCN(c2nc([AsH2])nc3[nH]c(C4CC4)nc23)CC1. The minimum atomic E-state index is -0.0206. The van der Waals surface area contributed by atoms with Crippen LogP contribution in [0.3, 0.4) is 0 Å². The van der Waals surface area contributed by atoms with Crippen molar-refractivity contribution in [3.05, 3.63) is 35.1 Å². The molecule has 1 saturated carbocycles. The van der Waals surface area contributed by atoms with Gasteiger partial charge in [-0.25, -0.2) is 0 Å². The van der Waals surface area contributed by atoms with Gasteiger partial charge in [0.2, 0.25) is 0 Å². The van der Waals surface area contributed by atoms with Crippen molar-refractivity contribution >= 4 is 56.0 Å². The molecule has 1 amide bonds. The van der Waals surface area contributed by atoms with E-state index in [2.05, 4.69) is 14.9 Å². The minimum absolute atomic E-state index is 0.0190. The van der Waals surface area contributed by atoms with E-state index in [0.717, 1.165) is 27.4 Å². The number of anilines is 1. The van der Waals surface area contributed by atoms with Gasteiger partial charge in [-0.3, -0.25) is 0 Å². The molecule has 0 bridgehead atoms. The van der Waals surface area contributed by atoms with Crippen LogP contribution in [0, 0.1) is 0 Å². The maximum absolute atomic E-state index is 12.5. The zero-order valence-corrected chi connectivity index (χ0v) is 19.5. The van der Waals surface area contributed by atoms with Crippen LogP contribution in [0.1, 0.15) is 24.6 Å². The summed E-state index contributed by atoms with van der Waals surface area (Å²) in [5.74, 6) is 3.04. The van der Waals surface area contributed by atoms with Crippen LogP contribution in [0.25, 0.3) is 11.2 Å². The first-order chi connectivity index (χ1) is 14.6. The summed E-state index contributed by atoms with van der Waals surface area (Å²) in [5.41, 5.74) is 1.65. The number of nitrogens with zero attached hydrogens (tertiary/aromatic N) is 5. The summed E-state index contributed by atoms with van der Waals surface area (Å²) in [6.07, 6.45) is 2.37. The van der Waals surface area contributed by atoms with Crippen molar-refractivity contribution in [2.75, 3.05) is 37.7 Å². The third kappa shape index (κ3) is 4.11. The average molecular weight is 489 g/mol. The Bertz CT molecular complexity index is 1080. The maximum atomic E-state index is 12.5. The molecule has 1 saturated heterocycles. The van der Waals surface area contributed by atoms with E-state index in [4.69, 9.17) is 26.3 Å². The number of rotatable bonds is 5. The van der Waals surface area contributed by atoms with E-state index in [1.54, 1.807) is 24.3 Å². The van der Waals surface area contributed by atoms with E-state index in [1.807, 2.05) is 4.90 Å². The van der Waals surface area contributed by atoms with E-state index in [-0.39, 0.29) is 12.5 Å². The zero-order chi connectivity index (χ0) is 20.7. The van der Waals surface area contributed by atoms with Gasteiger partial charge in [0.15, 0.2) is 0 Å². The van der Waals surface area contributed by atoms with Crippen molar-refractivity contribution in [2.45, 2.75) is 18.8 Å². The van der Waals surface area contributed by atoms with Crippen molar-refractivity contribution in [2.24, 2.45) is 0 Å². The third-order valence-electron chi connectivity index (χ3n) is 5.43. The summed E-state index contributed by atoms with van der Waals surface area (Å²) in [6.45, 7) is 2.68. The Kier molecular flexibility index (Phi) is 5.29. The van der Waals surface area contributed by atoms with Crippen LogP contribution in [0.2, 0.25) is 5.02 Å². The number of piperazine rings is 1. The molecule has 8 nitrogen and oxygen atoms in total. The molecule has 3 aromatic rings. The van der Waals surface area contributed by atoms with Gasteiger partial charge in [0, 0.05) is 5.02 Å². The number of aromatic nitrogens is 4. The number of carbonyl (C=O) groups is 1. The summed E-state index contributed by atoms with van der Waals surface area (Å²) < 4.78 is 6.38. The van der Waals surface area contributed by atoms with Crippen LogP contribution in [0.15, 0.2) is 24.3 Å². The molecule has 5 rings (SSSR count). The van der Waals surface area contributed by atoms with E-state index in [9.17, 15) is 4.79 Å². The Morgan fingerprint density at radius 3 is 2.57 bits per heavy atom. The predicted molar refractivity (Wildman–Crippen MR) is 118 cm³/mol. The molecule has 10 heteroatoms. The summed E-state index contributed by atoms with van der Waals surface area (Å²) in [5, 5.41) is 0.640. The molecule has 1 atom stereocenters. The molecule has 3 heterocycles. The monoisotopic (exact) mass is 488 g/mol. The fourth-order valence-electron chi connectivity index (χ4n) is 3.63. The van der Waals surface area contributed by atoms with Crippen molar-refractivity contribution in [1.29, 1.82) is 0 Å². The summed E-state index contributed by atoms with van der Waals surface area (Å²) in [7, 11) is 0. The number of imidazole rings is 1.